The molecular weight excluding hydrogens is 265 g/mol. The Hall–Kier alpha value is -2.83. The Labute approximate surface area is 113 Å². The third-order valence-corrected chi connectivity index (χ3v) is 2.49. The van der Waals surface area contributed by atoms with E-state index in [1.165, 1.54) is 24.5 Å². The number of halogens is 1. The quantitative estimate of drug-likeness (QED) is 0.819. The molecule has 6 nitrogen and oxygen atoms in total. The zero-order valence-corrected chi connectivity index (χ0v) is 10.2. The number of carbonyl (C=O) groups excluding carboxylic acids is 1. The zero-order chi connectivity index (χ0) is 14.5. The molecule has 0 saturated carbocycles. The van der Waals surface area contributed by atoms with Crippen molar-refractivity contribution in [2.45, 2.75) is 6.54 Å². The second-order valence-electron chi connectivity index (χ2n) is 3.91. The van der Waals surface area contributed by atoms with E-state index in [4.69, 9.17) is 5.11 Å². The first-order chi connectivity index (χ1) is 9.56. The van der Waals surface area contributed by atoms with Crippen LogP contribution in [0.15, 0.2) is 36.7 Å². The lowest BCUT2D eigenvalue weighted by molar-refractivity contribution is 0.0690. The number of carbonyl (C=O) groups is 2. The number of carboxylic acids is 1. The third-order valence-electron chi connectivity index (χ3n) is 2.49. The topological polar surface area (TPSA) is 92.2 Å². The van der Waals surface area contributed by atoms with Gasteiger partial charge in [0.05, 0.1) is 0 Å². The zero-order valence-electron chi connectivity index (χ0n) is 10.2. The minimum atomic E-state index is -1.12. The summed E-state index contributed by atoms with van der Waals surface area (Å²) in [5, 5.41) is 11.3. The molecule has 2 N–H and O–H groups in total. The summed E-state index contributed by atoms with van der Waals surface area (Å²) in [7, 11) is 0. The minimum Gasteiger partial charge on any atom is -0.477 e. The molecule has 102 valence electrons. The van der Waals surface area contributed by atoms with Gasteiger partial charge in [-0.2, -0.15) is 4.39 Å². The van der Waals surface area contributed by atoms with Crippen molar-refractivity contribution in [1.29, 1.82) is 0 Å². The van der Waals surface area contributed by atoms with Crippen LogP contribution in [0.25, 0.3) is 0 Å². The molecular formula is C13H10FN3O3. The first-order valence-corrected chi connectivity index (χ1v) is 5.64. The summed E-state index contributed by atoms with van der Waals surface area (Å²) in [4.78, 5) is 29.4. The molecule has 0 aliphatic carbocycles. The summed E-state index contributed by atoms with van der Waals surface area (Å²) in [6.07, 6.45) is 2.56. The first-order valence-electron chi connectivity index (χ1n) is 5.64. The molecule has 0 atom stereocenters. The van der Waals surface area contributed by atoms with Gasteiger partial charge in [-0.3, -0.25) is 4.79 Å². The highest BCUT2D eigenvalue weighted by Crippen LogP contribution is 2.03. The molecule has 0 aliphatic rings. The number of carboxylic acid groups (broad SMARTS) is 1. The molecule has 1 amide bonds. The van der Waals surface area contributed by atoms with Crippen LogP contribution in [-0.4, -0.2) is 27.0 Å². The lowest BCUT2D eigenvalue weighted by atomic mass is 10.2. The summed E-state index contributed by atoms with van der Waals surface area (Å²) >= 11 is 0. The fourth-order valence-electron chi connectivity index (χ4n) is 1.48. The molecule has 2 aromatic heterocycles. The molecule has 0 bridgehead atoms. The van der Waals surface area contributed by atoms with Gasteiger partial charge < -0.3 is 10.4 Å². The van der Waals surface area contributed by atoms with E-state index in [9.17, 15) is 14.0 Å². The SMILES string of the molecule is O=C(NCc1ccc(C(=O)O)nc1)c1ccnc(F)c1. The molecule has 2 aromatic rings. The molecule has 0 aliphatic heterocycles. The highest BCUT2D eigenvalue weighted by Gasteiger charge is 2.07. The van der Waals surface area contributed by atoms with Crippen molar-refractivity contribution in [1.82, 2.24) is 15.3 Å². The average Bonchev–Trinajstić information content (AvgIpc) is 2.45. The number of hydrogen-bond donors (Lipinski definition) is 2. The van der Waals surface area contributed by atoms with Crippen LogP contribution in [0, 0.1) is 5.95 Å². The molecule has 7 heteroatoms. The van der Waals surface area contributed by atoms with Crippen molar-refractivity contribution >= 4 is 11.9 Å². The molecule has 0 fully saturated rings. The van der Waals surface area contributed by atoms with Crippen molar-refractivity contribution in [2.75, 3.05) is 0 Å². The number of aromatic carboxylic acids is 1. The Morgan fingerprint density at radius 1 is 1.25 bits per heavy atom. The fourth-order valence-corrected chi connectivity index (χ4v) is 1.48. The molecule has 2 heterocycles. The fraction of sp³-hybridized carbons (Fsp3) is 0.0769. The summed E-state index contributed by atoms with van der Waals surface area (Å²) in [6.45, 7) is 0.162. The van der Waals surface area contributed by atoms with Gasteiger partial charge >= 0.3 is 5.97 Å². The standard InChI is InChI=1S/C13H10FN3O3/c14-11-5-9(3-4-15-11)12(18)17-7-8-1-2-10(13(19)20)16-6-8/h1-6H,7H2,(H,17,18)(H,19,20). The molecule has 0 saturated heterocycles. The number of pyridine rings is 2. The van der Waals surface area contributed by atoms with Crippen LogP contribution in [0.3, 0.4) is 0 Å². The maximum atomic E-state index is 12.9. The maximum absolute atomic E-state index is 12.9. The van der Waals surface area contributed by atoms with Crippen LogP contribution in [0.4, 0.5) is 4.39 Å². The number of nitrogens with one attached hydrogen (secondary N) is 1. The van der Waals surface area contributed by atoms with Crippen molar-refractivity contribution < 1.29 is 19.1 Å². The average molecular weight is 275 g/mol. The van der Waals surface area contributed by atoms with E-state index < -0.39 is 17.8 Å². The lowest BCUT2D eigenvalue weighted by Gasteiger charge is -2.05. The van der Waals surface area contributed by atoms with Crippen LogP contribution in [0.2, 0.25) is 0 Å². The minimum absolute atomic E-state index is 0.0729. The van der Waals surface area contributed by atoms with Gasteiger partial charge in [-0.15, -0.1) is 0 Å². The van der Waals surface area contributed by atoms with Gasteiger partial charge in [0, 0.05) is 30.6 Å². The second-order valence-corrected chi connectivity index (χ2v) is 3.91. The van der Waals surface area contributed by atoms with Crippen LogP contribution in [-0.2, 0) is 6.54 Å². The monoisotopic (exact) mass is 275 g/mol. The first kappa shape index (κ1) is 13.6. The van der Waals surface area contributed by atoms with Crippen molar-refractivity contribution in [3.8, 4) is 0 Å². The Bertz CT molecular complexity index is 644. The summed E-state index contributed by atoms with van der Waals surface area (Å²) in [5.74, 6) is -2.30. The van der Waals surface area contributed by atoms with E-state index >= 15 is 0 Å². The number of amides is 1. The van der Waals surface area contributed by atoms with Gasteiger partial charge in [-0.1, -0.05) is 6.07 Å². The second kappa shape index (κ2) is 5.87. The van der Waals surface area contributed by atoms with E-state index in [1.54, 1.807) is 6.07 Å². The predicted molar refractivity (Wildman–Crippen MR) is 66.6 cm³/mol. The molecule has 2 rings (SSSR count). The summed E-state index contributed by atoms with van der Waals surface area (Å²) < 4.78 is 12.9. The number of hydrogen-bond acceptors (Lipinski definition) is 4. The van der Waals surface area contributed by atoms with Crippen molar-refractivity contribution in [3.05, 3.63) is 59.4 Å². The Morgan fingerprint density at radius 2 is 2.05 bits per heavy atom. The van der Waals surface area contributed by atoms with Gasteiger partial charge in [0.15, 0.2) is 0 Å². The van der Waals surface area contributed by atoms with Crippen molar-refractivity contribution in [2.24, 2.45) is 0 Å². The van der Waals surface area contributed by atoms with E-state index in [0.717, 1.165) is 6.07 Å². The Balaban J connectivity index is 1.98. The van der Waals surface area contributed by atoms with E-state index in [-0.39, 0.29) is 17.8 Å². The molecule has 0 aromatic carbocycles. The Morgan fingerprint density at radius 3 is 2.65 bits per heavy atom. The number of aromatic nitrogens is 2. The normalized spacial score (nSPS) is 10.1. The number of rotatable bonds is 4. The molecule has 0 unspecified atom stereocenters. The highest BCUT2D eigenvalue weighted by atomic mass is 19.1. The van der Waals surface area contributed by atoms with Crippen LogP contribution in [0.5, 0.6) is 0 Å². The molecule has 0 radical (unpaired) electrons. The lowest BCUT2D eigenvalue weighted by Crippen LogP contribution is -2.23. The van der Waals surface area contributed by atoms with Crippen molar-refractivity contribution in [3.63, 3.8) is 0 Å². The summed E-state index contributed by atoms with van der Waals surface area (Å²) in [5.41, 5.74) is 0.724. The van der Waals surface area contributed by atoms with Gasteiger partial charge in [0.2, 0.25) is 5.95 Å². The van der Waals surface area contributed by atoms with E-state index in [0.29, 0.717) is 5.56 Å². The third kappa shape index (κ3) is 3.35. The van der Waals surface area contributed by atoms with Crippen LogP contribution >= 0.6 is 0 Å². The van der Waals surface area contributed by atoms with E-state index in [1.807, 2.05) is 0 Å². The van der Waals surface area contributed by atoms with Gasteiger partial charge in [0.25, 0.3) is 5.91 Å². The molecule has 0 spiro atoms. The summed E-state index contributed by atoms with van der Waals surface area (Å²) in [6, 6.07) is 5.31. The maximum Gasteiger partial charge on any atom is 0.354 e. The van der Waals surface area contributed by atoms with Crippen LogP contribution in [0.1, 0.15) is 26.4 Å². The van der Waals surface area contributed by atoms with Gasteiger partial charge in [0.1, 0.15) is 5.69 Å². The molecule has 20 heavy (non-hydrogen) atoms. The van der Waals surface area contributed by atoms with Crippen LogP contribution < -0.4 is 5.32 Å². The predicted octanol–water partition coefficient (Wildman–Crippen LogP) is 1.24. The smallest absolute Gasteiger partial charge is 0.354 e. The largest absolute Gasteiger partial charge is 0.477 e. The van der Waals surface area contributed by atoms with Gasteiger partial charge in [-0.05, 0) is 17.7 Å². The Kier molecular flexibility index (Phi) is 3.99. The number of nitrogens with zero attached hydrogens (tertiary/aromatic N) is 2. The van der Waals surface area contributed by atoms with Gasteiger partial charge in [-0.25, -0.2) is 14.8 Å². The van der Waals surface area contributed by atoms with E-state index in [2.05, 4.69) is 15.3 Å². The highest BCUT2D eigenvalue weighted by molar-refractivity contribution is 5.93.